The van der Waals surface area contributed by atoms with Crippen molar-refractivity contribution in [3.05, 3.63) is 68.5 Å². The Morgan fingerprint density at radius 1 is 1.05 bits per heavy atom. The molecule has 0 fully saturated rings. The van der Waals surface area contributed by atoms with E-state index in [-0.39, 0.29) is 24.3 Å². The largest absolute Gasteiger partial charge is 0.331 e. The zero-order chi connectivity index (χ0) is 14.5. The highest BCUT2D eigenvalue weighted by Gasteiger charge is 2.05. The molecule has 2 rings (SSSR count). The molecule has 5 nitrogen and oxygen atoms in total. The molecule has 20 heavy (non-hydrogen) atoms. The minimum absolute atomic E-state index is 0.243. The van der Waals surface area contributed by atoms with Crippen LogP contribution in [-0.2, 0) is 19.5 Å². The van der Waals surface area contributed by atoms with Crippen molar-refractivity contribution in [1.29, 1.82) is 0 Å². The van der Waals surface area contributed by atoms with Gasteiger partial charge in [-0.25, -0.2) is 4.79 Å². The maximum Gasteiger partial charge on any atom is 0.331 e. The average Bonchev–Trinajstić information content (AvgIpc) is 2.47. The van der Waals surface area contributed by atoms with Crippen LogP contribution < -0.4 is 17.0 Å². The Kier molecular flexibility index (Phi) is 4.53. The first-order valence-electron chi connectivity index (χ1n) is 6.74. The number of rotatable bonds is 5. The summed E-state index contributed by atoms with van der Waals surface area (Å²) < 4.78 is 2.69. The number of aromatic nitrogens is 2. The first-order chi connectivity index (χ1) is 9.65. The molecule has 2 N–H and O–H groups in total. The molecule has 1 aromatic carbocycles. The van der Waals surface area contributed by atoms with Gasteiger partial charge in [-0.1, -0.05) is 31.2 Å². The number of benzene rings is 1. The minimum atomic E-state index is -0.317. The quantitative estimate of drug-likeness (QED) is 0.866. The molecule has 2 aromatic rings. The minimum Gasteiger partial charge on any atom is -0.329 e. The zero-order valence-corrected chi connectivity index (χ0v) is 11.6. The molecule has 0 unspecified atom stereocenters. The third-order valence-corrected chi connectivity index (χ3v) is 3.28. The smallest absolute Gasteiger partial charge is 0.329 e. The first kappa shape index (κ1) is 14.3. The summed E-state index contributed by atoms with van der Waals surface area (Å²) in [5.74, 6) is 0. The number of hydrogen-bond donors (Lipinski definition) is 1. The first-order valence-corrected chi connectivity index (χ1v) is 6.74. The Balaban J connectivity index is 2.31. The summed E-state index contributed by atoms with van der Waals surface area (Å²) in [5.41, 5.74) is 7.09. The Morgan fingerprint density at radius 3 is 2.30 bits per heavy atom. The SMILES string of the molecule is CCc1ccc(Cn2ccc(=O)n(CCN)c2=O)cc1. The van der Waals surface area contributed by atoms with E-state index in [9.17, 15) is 9.59 Å². The van der Waals surface area contributed by atoms with E-state index in [4.69, 9.17) is 5.73 Å². The van der Waals surface area contributed by atoms with Crippen LogP contribution in [0.15, 0.2) is 46.1 Å². The Bertz CT molecular complexity index is 684. The second-order valence-electron chi connectivity index (χ2n) is 4.67. The van der Waals surface area contributed by atoms with Crippen LogP contribution in [0.1, 0.15) is 18.1 Å². The van der Waals surface area contributed by atoms with Gasteiger partial charge in [0.1, 0.15) is 0 Å². The van der Waals surface area contributed by atoms with E-state index in [1.54, 1.807) is 0 Å². The number of aryl methyl sites for hydroxylation is 1. The van der Waals surface area contributed by atoms with Crippen LogP contribution in [0.3, 0.4) is 0 Å². The van der Waals surface area contributed by atoms with Crippen molar-refractivity contribution in [2.45, 2.75) is 26.4 Å². The lowest BCUT2D eigenvalue weighted by atomic mass is 10.1. The van der Waals surface area contributed by atoms with Crippen LogP contribution in [0.5, 0.6) is 0 Å². The van der Waals surface area contributed by atoms with Crippen molar-refractivity contribution in [2.24, 2.45) is 5.73 Å². The van der Waals surface area contributed by atoms with Crippen LogP contribution in [0.2, 0.25) is 0 Å². The second kappa shape index (κ2) is 6.34. The van der Waals surface area contributed by atoms with Crippen LogP contribution in [0.4, 0.5) is 0 Å². The molecule has 5 heteroatoms. The van der Waals surface area contributed by atoms with Gasteiger partial charge in [0.05, 0.1) is 6.54 Å². The molecule has 0 aliphatic carbocycles. The van der Waals surface area contributed by atoms with Gasteiger partial charge in [0.2, 0.25) is 0 Å². The topological polar surface area (TPSA) is 70.0 Å². The molecule has 0 atom stereocenters. The molecule has 0 bridgehead atoms. The fraction of sp³-hybridized carbons (Fsp3) is 0.333. The Labute approximate surface area is 117 Å². The summed E-state index contributed by atoms with van der Waals surface area (Å²) in [6.07, 6.45) is 2.52. The van der Waals surface area contributed by atoms with E-state index >= 15 is 0 Å². The van der Waals surface area contributed by atoms with Crippen LogP contribution in [0, 0.1) is 0 Å². The van der Waals surface area contributed by atoms with Gasteiger partial charge >= 0.3 is 5.69 Å². The normalized spacial score (nSPS) is 10.7. The summed E-state index contributed by atoms with van der Waals surface area (Å²) in [5, 5.41) is 0. The van der Waals surface area contributed by atoms with E-state index in [0.29, 0.717) is 6.54 Å². The molecule has 0 radical (unpaired) electrons. The fourth-order valence-corrected chi connectivity index (χ4v) is 2.09. The molecule has 106 valence electrons. The van der Waals surface area contributed by atoms with Crippen LogP contribution in [0.25, 0.3) is 0 Å². The number of hydrogen-bond acceptors (Lipinski definition) is 3. The Hall–Kier alpha value is -2.14. The summed E-state index contributed by atoms with van der Waals surface area (Å²) in [4.78, 5) is 23.8. The average molecular weight is 273 g/mol. The van der Waals surface area contributed by atoms with Crippen molar-refractivity contribution in [3.63, 3.8) is 0 Å². The van der Waals surface area contributed by atoms with Gasteiger partial charge in [-0.05, 0) is 17.5 Å². The maximum absolute atomic E-state index is 12.2. The van der Waals surface area contributed by atoms with E-state index in [2.05, 4.69) is 19.1 Å². The van der Waals surface area contributed by atoms with E-state index in [1.165, 1.54) is 27.0 Å². The molecule has 1 aromatic heterocycles. The lowest BCUT2D eigenvalue weighted by Crippen LogP contribution is -2.40. The van der Waals surface area contributed by atoms with E-state index in [1.807, 2.05) is 12.1 Å². The van der Waals surface area contributed by atoms with Crippen molar-refractivity contribution >= 4 is 0 Å². The van der Waals surface area contributed by atoms with Gasteiger partial charge in [-0.15, -0.1) is 0 Å². The standard InChI is InChI=1S/C15H19N3O2/c1-2-12-3-5-13(6-4-12)11-17-9-7-14(19)18(10-8-16)15(17)20/h3-7,9H,2,8,10-11,16H2,1H3. The van der Waals surface area contributed by atoms with Gasteiger partial charge in [0.25, 0.3) is 5.56 Å². The van der Waals surface area contributed by atoms with Crippen molar-refractivity contribution in [1.82, 2.24) is 9.13 Å². The summed E-state index contributed by atoms with van der Waals surface area (Å²) in [6, 6.07) is 9.51. The predicted octanol–water partition coefficient (Wildman–Crippen LogP) is 0.579. The van der Waals surface area contributed by atoms with Gasteiger partial charge in [0, 0.05) is 25.4 Å². The molecular formula is C15H19N3O2. The maximum atomic E-state index is 12.2. The molecule has 0 aliphatic heterocycles. The predicted molar refractivity (Wildman–Crippen MR) is 78.9 cm³/mol. The highest BCUT2D eigenvalue weighted by atomic mass is 16.2. The van der Waals surface area contributed by atoms with E-state index < -0.39 is 0 Å². The molecule has 0 aliphatic rings. The monoisotopic (exact) mass is 273 g/mol. The van der Waals surface area contributed by atoms with Gasteiger partial charge in [-0.2, -0.15) is 0 Å². The molecule has 0 saturated carbocycles. The molecular weight excluding hydrogens is 254 g/mol. The zero-order valence-electron chi connectivity index (χ0n) is 11.6. The highest BCUT2D eigenvalue weighted by molar-refractivity contribution is 5.22. The lowest BCUT2D eigenvalue weighted by Gasteiger charge is -2.09. The summed E-state index contributed by atoms with van der Waals surface area (Å²) in [7, 11) is 0. The second-order valence-corrected chi connectivity index (χ2v) is 4.67. The molecule has 0 saturated heterocycles. The summed E-state index contributed by atoms with van der Waals surface area (Å²) in [6.45, 7) is 3.06. The molecule has 0 amide bonds. The highest BCUT2D eigenvalue weighted by Crippen LogP contribution is 2.05. The van der Waals surface area contributed by atoms with Crippen molar-refractivity contribution in [3.8, 4) is 0 Å². The number of nitrogens with zero attached hydrogens (tertiary/aromatic N) is 2. The van der Waals surface area contributed by atoms with Gasteiger partial charge in [0.15, 0.2) is 0 Å². The third kappa shape index (κ3) is 3.05. The Morgan fingerprint density at radius 2 is 1.70 bits per heavy atom. The van der Waals surface area contributed by atoms with E-state index in [0.717, 1.165) is 12.0 Å². The van der Waals surface area contributed by atoms with Crippen LogP contribution >= 0.6 is 0 Å². The fourth-order valence-electron chi connectivity index (χ4n) is 2.09. The lowest BCUT2D eigenvalue weighted by molar-refractivity contribution is 0.579. The van der Waals surface area contributed by atoms with Gasteiger partial charge in [-0.3, -0.25) is 13.9 Å². The number of nitrogens with two attached hydrogens (primary N) is 1. The third-order valence-electron chi connectivity index (χ3n) is 3.28. The van der Waals surface area contributed by atoms with Crippen LogP contribution in [-0.4, -0.2) is 15.7 Å². The van der Waals surface area contributed by atoms with Crippen molar-refractivity contribution in [2.75, 3.05) is 6.54 Å². The summed E-state index contributed by atoms with van der Waals surface area (Å²) >= 11 is 0. The van der Waals surface area contributed by atoms with Crippen molar-refractivity contribution < 1.29 is 0 Å². The molecule has 1 heterocycles. The molecule has 0 spiro atoms. The van der Waals surface area contributed by atoms with Gasteiger partial charge < -0.3 is 5.73 Å².